The lowest BCUT2D eigenvalue weighted by Crippen LogP contribution is -2.34. The maximum absolute atomic E-state index is 10.8. The van der Waals surface area contributed by atoms with E-state index in [4.69, 9.17) is 0 Å². The molecule has 1 aromatic carbocycles. The van der Waals surface area contributed by atoms with E-state index in [-0.39, 0.29) is 0 Å². The fraction of sp³-hybridized carbons (Fsp3) is 0.286. The van der Waals surface area contributed by atoms with Crippen LogP contribution in [0.5, 0.6) is 0 Å². The number of piperidine rings is 1. The van der Waals surface area contributed by atoms with E-state index in [1.54, 1.807) is 18.6 Å². The number of benzene rings is 1. The van der Waals surface area contributed by atoms with Crippen molar-refractivity contribution in [1.29, 1.82) is 5.26 Å². The van der Waals surface area contributed by atoms with Crippen LogP contribution in [0, 0.1) is 11.3 Å². The van der Waals surface area contributed by atoms with E-state index in [0.29, 0.717) is 17.2 Å². The second kappa shape index (κ2) is 7.55. The average molecular weight is 372 g/mol. The number of carbonyl (C=O) groups excluding carboxylic acids is 1. The van der Waals surface area contributed by atoms with Crippen molar-refractivity contribution < 1.29 is 4.79 Å². The Morgan fingerprint density at radius 1 is 1.25 bits per heavy atom. The van der Waals surface area contributed by atoms with Gasteiger partial charge in [0.05, 0.1) is 11.3 Å². The Kier molecular flexibility index (Phi) is 4.79. The number of aryl methyl sites for hydroxylation is 1. The molecule has 1 N–H and O–H groups in total. The van der Waals surface area contributed by atoms with E-state index in [2.05, 4.69) is 26.5 Å². The minimum Gasteiger partial charge on any atom is -0.370 e. The first-order valence-electron chi connectivity index (χ1n) is 9.23. The minimum absolute atomic E-state index is 0.372. The Balaban J connectivity index is 1.62. The highest BCUT2D eigenvalue weighted by molar-refractivity contribution is 5.87. The number of nitrogens with zero attached hydrogens (tertiary/aromatic N) is 5. The normalized spacial score (nSPS) is 16.9. The predicted molar refractivity (Wildman–Crippen MR) is 106 cm³/mol. The number of hydrogen-bond acceptors (Lipinski definition) is 6. The van der Waals surface area contributed by atoms with Gasteiger partial charge < -0.3 is 14.8 Å². The molecule has 1 aromatic heterocycles. The van der Waals surface area contributed by atoms with Crippen molar-refractivity contribution >= 4 is 17.2 Å². The summed E-state index contributed by atoms with van der Waals surface area (Å²) in [5.74, 6) is 3.24. The van der Waals surface area contributed by atoms with Gasteiger partial charge in [-0.25, -0.2) is 4.79 Å². The highest BCUT2D eigenvalue weighted by atomic mass is 16.1. The summed E-state index contributed by atoms with van der Waals surface area (Å²) < 4.78 is 1.98. The number of anilines is 1. The van der Waals surface area contributed by atoms with Gasteiger partial charge in [0, 0.05) is 37.8 Å². The van der Waals surface area contributed by atoms with Crippen LogP contribution in [0.15, 0.2) is 48.6 Å². The second-order valence-corrected chi connectivity index (χ2v) is 6.97. The number of dihydropyridines is 1. The third kappa shape index (κ3) is 3.22. The quantitative estimate of drug-likeness (QED) is 0.832. The van der Waals surface area contributed by atoms with E-state index in [0.717, 1.165) is 48.6 Å². The zero-order valence-electron chi connectivity index (χ0n) is 15.6. The molecule has 28 heavy (non-hydrogen) atoms. The molecule has 0 aliphatic carbocycles. The summed E-state index contributed by atoms with van der Waals surface area (Å²) in [5.41, 5.74) is 3.90. The molecule has 2 aliphatic heterocycles. The van der Waals surface area contributed by atoms with E-state index in [1.165, 1.54) is 0 Å². The molecule has 140 valence electrons. The van der Waals surface area contributed by atoms with Gasteiger partial charge in [-0.05, 0) is 30.6 Å². The third-order valence-electron chi connectivity index (χ3n) is 5.31. The number of nitrogens with one attached hydrogen (secondary N) is 1. The SMILES string of the molecule is Cn1cnnc1C1CCN(c2c(C#N)cccc2C2=CNC(=C=O)C=C2)CC1. The molecule has 7 heteroatoms. The van der Waals surface area contributed by atoms with Gasteiger partial charge in [0.1, 0.15) is 23.9 Å². The lowest BCUT2D eigenvalue weighted by atomic mass is 9.92. The van der Waals surface area contributed by atoms with Crippen LogP contribution in [-0.2, 0) is 11.8 Å². The lowest BCUT2D eigenvalue weighted by molar-refractivity contribution is 0.474. The molecular formula is C21H20N6O. The summed E-state index contributed by atoms with van der Waals surface area (Å²) in [4.78, 5) is 13.1. The van der Waals surface area contributed by atoms with Crippen LogP contribution < -0.4 is 10.2 Å². The molecule has 0 saturated carbocycles. The van der Waals surface area contributed by atoms with Crippen molar-refractivity contribution in [3.8, 4) is 6.07 Å². The van der Waals surface area contributed by atoms with Crippen molar-refractivity contribution in [3.63, 3.8) is 0 Å². The number of rotatable bonds is 3. The van der Waals surface area contributed by atoms with Crippen molar-refractivity contribution in [2.24, 2.45) is 7.05 Å². The molecule has 4 rings (SSSR count). The largest absolute Gasteiger partial charge is 0.370 e. The molecule has 0 unspecified atom stereocenters. The lowest BCUT2D eigenvalue weighted by Gasteiger charge is -2.35. The monoisotopic (exact) mass is 372 g/mol. The minimum atomic E-state index is 0.372. The van der Waals surface area contributed by atoms with Gasteiger partial charge in [-0.2, -0.15) is 5.26 Å². The first-order chi connectivity index (χ1) is 13.7. The van der Waals surface area contributed by atoms with Crippen LogP contribution in [0.2, 0.25) is 0 Å². The van der Waals surface area contributed by atoms with Crippen molar-refractivity contribution in [2.45, 2.75) is 18.8 Å². The standard InChI is InChI=1S/C21H20N6O/c1-26-14-24-25-21(26)15-7-9-27(10-8-15)20-16(11-22)3-2-4-19(20)17-5-6-18(13-28)23-12-17/h2-6,12,14-15,23H,7-10H2,1H3. The fourth-order valence-corrected chi connectivity index (χ4v) is 3.89. The van der Waals surface area contributed by atoms with Crippen LogP contribution in [-0.4, -0.2) is 33.8 Å². The summed E-state index contributed by atoms with van der Waals surface area (Å²) in [6.07, 6.45) is 9.01. The zero-order chi connectivity index (χ0) is 19.5. The van der Waals surface area contributed by atoms with Crippen LogP contribution in [0.25, 0.3) is 5.57 Å². The first kappa shape index (κ1) is 17.8. The van der Waals surface area contributed by atoms with Crippen LogP contribution >= 0.6 is 0 Å². The predicted octanol–water partition coefficient (Wildman–Crippen LogP) is 2.29. The molecule has 1 fully saturated rings. The number of nitriles is 1. The Hall–Kier alpha value is -3.62. The molecule has 7 nitrogen and oxygen atoms in total. The second-order valence-electron chi connectivity index (χ2n) is 6.97. The van der Waals surface area contributed by atoms with Gasteiger partial charge in [0.15, 0.2) is 5.94 Å². The van der Waals surface area contributed by atoms with Gasteiger partial charge in [-0.15, -0.1) is 10.2 Å². The Morgan fingerprint density at radius 2 is 2.07 bits per heavy atom. The molecular weight excluding hydrogens is 352 g/mol. The number of hydrogen-bond donors (Lipinski definition) is 1. The molecule has 2 aromatic rings. The molecule has 3 heterocycles. The molecule has 0 amide bonds. The number of allylic oxidation sites excluding steroid dienone is 3. The Labute approximate surface area is 163 Å². The molecule has 0 spiro atoms. The molecule has 2 aliphatic rings. The first-order valence-corrected chi connectivity index (χ1v) is 9.23. The molecule has 0 radical (unpaired) electrons. The molecule has 1 saturated heterocycles. The molecule has 0 bridgehead atoms. The van der Waals surface area contributed by atoms with Crippen LogP contribution in [0.3, 0.4) is 0 Å². The third-order valence-corrected chi connectivity index (χ3v) is 5.31. The van der Waals surface area contributed by atoms with Crippen molar-refractivity contribution in [3.05, 3.63) is 65.5 Å². The van der Waals surface area contributed by atoms with Crippen molar-refractivity contribution in [1.82, 2.24) is 20.1 Å². The fourth-order valence-electron chi connectivity index (χ4n) is 3.89. The summed E-state index contributed by atoms with van der Waals surface area (Å²) >= 11 is 0. The Bertz CT molecular complexity index is 1040. The summed E-state index contributed by atoms with van der Waals surface area (Å²) in [5, 5.41) is 20.9. The van der Waals surface area contributed by atoms with Crippen LogP contribution in [0.1, 0.15) is 35.7 Å². The summed E-state index contributed by atoms with van der Waals surface area (Å²) in [7, 11) is 1.97. The molecule has 0 atom stereocenters. The summed E-state index contributed by atoms with van der Waals surface area (Å²) in [6, 6.07) is 8.09. The van der Waals surface area contributed by atoms with Gasteiger partial charge in [0.25, 0.3) is 0 Å². The van der Waals surface area contributed by atoms with Gasteiger partial charge in [-0.3, -0.25) is 0 Å². The van der Waals surface area contributed by atoms with E-state index < -0.39 is 0 Å². The number of para-hydroxylation sites is 1. The highest BCUT2D eigenvalue weighted by Crippen LogP contribution is 2.36. The maximum Gasteiger partial charge on any atom is 0.150 e. The Morgan fingerprint density at radius 3 is 2.68 bits per heavy atom. The van der Waals surface area contributed by atoms with Crippen molar-refractivity contribution in [2.75, 3.05) is 18.0 Å². The van der Waals surface area contributed by atoms with Gasteiger partial charge >= 0.3 is 0 Å². The smallest absolute Gasteiger partial charge is 0.150 e. The van der Waals surface area contributed by atoms with E-state index in [9.17, 15) is 10.1 Å². The highest BCUT2D eigenvalue weighted by Gasteiger charge is 2.27. The van der Waals surface area contributed by atoms with Gasteiger partial charge in [0.2, 0.25) is 0 Å². The summed E-state index contributed by atoms with van der Waals surface area (Å²) in [6.45, 7) is 1.68. The van der Waals surface area contributed by atoms with Gasteiger partial charge in [-0.1, -0.05) is 18.2 Å². The maximum atomic E-state index is 10.8. The van der Waals surface area contributed by atoms with Crippen LogP contribution in [0.4, 0.5) is 5.69 Å². The van der Waals surface area contributed by atoms with E-state index >= 15 is 0 Å². The van der Waals surface area contributed by atoms with E-state index in [1.807, 2.05) is 41.8 Å². The topological polar surface area (TPSA) is 86.8 Å². The average Bonchev–Trinajstić information content (AvgIpc) is 3.19. The number of aromatic nitrogens is 3. The zero-order valence-corrected chi connectivity index (χ0v) is 15.6.